The van der Waals surface area contributed by atoms with Gasteiger partial charge in [-0.15, -0.1) is 0 Å². The van der Waals surface area contributed by atoms with Crippen LogP contribution in [0.25, 0.3) is 0 Å². The van der Waals surface area contributed by atoms with Crippen molar-refractivity contribution in [2.24, 2.45) is 5.92 Å². The molecule has 0 aromatic heterocycles. The van der Waals surface area contributed by atoms with Gasteiger partial charge in [0.15, 0.2) is 5.05 Å². The Kier molecular flexibility index (Phi) is 7.05. The quantitative estimate of drug-likeness (QED) is 0.787. The van der Waals surface area contributed by atoms with E-state index in [4.69, 9.17) is 28.6 Å². The normalized spacial score (nSPS) is 10.6. The minimum atomic E-state index is -0.564. The van der Waals surface area contributed by atoms with E-state index in [0.717, 1.165) is 0 Å². The van der Waals surface area contributed by atoms with Crippen LogP contribution in [-0.4, -0.2) is 18.1 Å². The first kappa shape index (κ1) is 17.9. The van der Waals surface area contributed by atoms with E-state index < -0.39 is 5.82 Å². The lowest BCUT2D eigenvalue weighted by Gasteiger charge is -2.15. The van der Waals surface area contributed by atoms with Crippen LogP contribution in [0.2, 0.25) is 5.02 Å². The van der Waals surface area contributed by atoms with Gasteiger partial charge in [0.1, 0.15) is 5.82 Å². The van der Waals surface area contributed by atoms with Gasteiger partial charge in [-0.25, -0.2) is 4.39 Å². The van der Waals surface area contributed by atoms with Crippen LogP contribution in [0.15, 0.2) is 12.1 Å². The number of carbonyl (C=O) groups is 1. The van der Waals surface area contributed by atoms with Crippen molar-refractivity contribution in [3.8, 4) is 0 Å². The Balaban J connectivity index is 2.99. The number of benzene rings is 1. The molecule has 6 heteroatoms. The highest BCUT2D eigenvalue weighted by Gasteiger charge is 2.17. The molecule has 1 rings (SSSR count). The number of amides is 1. The van der Waals surface area contributed by atoms with Gasteiger partial charge in [0.2, 0.25) is 5.91 Å². The smallest absolute Gasteiger partial charge is 0.227 e. The maximum atomic E-state index is 13.9. The Hall–Kier alpha value is -1.20. The highest BCUT2D eigenvalue weighted by atomic mass is 35.5. The summed E-state index contributed by atoms with van der Waals surface area (Å²) in [5.41, 5.74) is 0.731. The third-order valence-corrected chi connectivity index (χ3v) is 3.98. The van der Waals surface area contributed by atoms with Crippen LogP contribution in [-0.2, 0) is 16.0 Å². The van der Waals surface area contributed by atoms with E-state index in [-0.39, 0.29) is 22.5 Å². The first-order valence-corrected chi connectivity index (χ1v) is 7.57. The zero-order valence-corrected chi connectivity index (χ0v) is 13.9. The molecular weight excluding hydrogens is 313 g/mol. The minimum Gasteiger partial charge on any atom is -0.490 e. The molecule has 0 atom stereocenters. The average molecular weight is 332 g/mol. The second kappa shape index (κ2) is 8.29. The van der Waals surface area contributed by atoms with Crippen LogP contribution in [0.3, 0.4) is 0 Å². The molecule has 0 aliphatic rings. The Bertz CT molecular complexity index is 533. The summed E-state index contributed by atoms with van der Waals surface area (Å²) in [6.45, 7) is 3.85. The van der Waals surface area contributed by atoms with Gasteiger partial charge in [-0.3, -0.25) is 4.79 Å². The molecule has 0 fully saturated rings. The van der Waals surface area contributed by atoms with E-state index in [1.54, 1.807) is 0 Å². The predicted octanol–water partition coefficient (Wildman–Crippen LogP) is 4.37. The van der Waals surface area contributed by atoms with Crippen molar-refractivity contribution in [2.75, 3.05) is 12.4 Å². The van der Waals surface area contributed by atoms with Crippen molar-refractivity contribution >= 4 is 40.5 Å². The van der Waals surface area contributed by atoms with Crippen LogP contribution in [0.5, 0.6) is 0 Å². The summed E-state index contributed by atoms with van der Waals surface area (Å²) in [6, 6.07) is 2.68. The number of nitrogens with one attached hydrogen (secondary N) is 1. The molecule has 0 aliphatic carbocycles. The van der Waals surface area contributed by atoms with Crippen molar-refractivity contribution in [2.45, 2.75) is 33.1 Å². The monoisotopic (exact) mass is 331 g/mol. The number of carbonyl (C=O) groups excluding carboxylic acids is 1. The number of hydrogen-bond donors (Lipinski definition) is 1. The van der Waals surface area contributed by atoms with Gasteiger partial charge >= 0.3 is 0 Å². The van der Waals surface area contributed by atoms with E-state index in [0.29, 0.717) is 29.9 Å². The molecule has 3 nitrogen and oxygen atoms in total. The fourth-order valence-electron chi connectivity index (χ4n) is 1.95. The number of ether oxygens (including phenoxy) is 1. The molecule has 0 unspecified atom stereocenters. The van der Waals surface area contributed by atoms with E-state index >= 15 is 0 Å². The summed E-state index contributed by atoms with van der Waals surface area (Å²) in [6.07, 6.45) is 1.70. The molecule has 116 valence electrons. The van der Waals surface area contributed by atoms with Crippen LogP contribution < -0.4 is 5.32 Å². The first-order valence-electron chi connectivity index (χ1n) is 6.78. The summed E-state index contributed by atoms with van der Waals surface area (Å²) in [7, 11) is 1.47. The van der Waals surface area contributed by atoms with Gasteiger partial charge in [-0.1, -0.05) is 25.4 Å². The van der Waals surface area contributed by atoms with Crippen molar-refractivity contribution in [1.29, 1.82) is 0 Å². The van der Waals surface area contributed by atoms with E-state index in [1.807, 2.05) is 13.8 Å². The second-order valence-electron chi connectivity index (χ2n) is 4.68. The van der Waals surface area contributed by atoms with Crippen LogP contribution in [0.4, 0.5) is 10.1 Å². The summed E-state index contributed by atoms with van der Waals surface area (Å²) < 4.78 is 18.8. The summed E-state index contributed by atoms with van der Waals surface area (Å²) in [4.78, 5) is 12.0. The number of anilines is 1. The summed E-state index contributed by atoms with van der Waals surface area (Å²) in [5.74, 6) is -0.892. The number of methoxy groups -OCH3 is 1. The Morgan fingerprint density at radius 3 is 2.57 bits per heavy atom. The van der Waals surface area contributed by atoms with Crippen LogP contribution >= 0.6 is 23.8 Å². The van der Waals surface area contributed by atoms with Crippen molar-refractivity contribution in [3.63, 3.8) is 0 Å². The molecule has 1 amide bonds. The largest absolute Gasteiger partial charge is 0.490 e. The highest BCUT2D eigenvalue weighted by Crippen LogP contribution is 2.26. The molecule has 0 aliphatic heterocycles. The lowest BCUT2D eigenvalue weighted by Crippen LogP contribution is -2.22. The zero-order chi connectivity index (χ0) is 16.0. The molecule has 0 radical (unpaired) electrons. The van der Waals surface area contributed by atoms with Crippen molar-refractivity contribution in [1.82, 2.24) is 0 Å². The minimum absolute atomic E-state index is 0.116. The summed E-state index contributed by atoms with van der Waals surface area (Å²) >= 11 is 11.0. The molecule has 0 heterocycles. The van der Waals surface area contributed by atoms with Gasteiger partial charge in [0.25, 0.3) is 0 Å². The number of hydrogen-bond acceptors (Lipinski definition) is 3. The molecule has 1 aromatic carbocycles. The highest BCUT2D eigenvalue weighted by molar-refractivity contribution is 7.80. The maximum absolute atomic E-state index is 13.9. The average Bonchev–Trinajstić information content (AvgIpc) is 2.45. The van der Waals surface area contributed by atoms with Crippen LogP contribution in [0.1, 0.15) is 32.3 Å². The molecular formula is C15H19ClFNO2S. The van der Waals surface area contributed by atoms with Gasteiger partial charge in [0.05, 0.1) is 12.8 Å². The molecule has 0 saturated heterocycles. The molecule has 1 aromatic rings. The predicted molar refractivity (Wildman–Crippen MR) is 87.4 cm³/mol. The van der Waals surface area contributed by atoms with Gasteiger partial charge in [-0.05, 0) is 42.8 Å². The van der Waals surface area contributed by atoms with E-state index in [2.05, 4.69) is 5.32 Å². The molecule has 0 spiro atoms. The Labute approximate surface area is 134 Å². The molecule has 21 heavy (non-hydrogen) atoms. The number of thiocarbonyl (C=S) groups is 1. The maximum Gasteiger partial charge on any atom is 0.227 e. The Morgan fingerprint density at radius 2 is 2.05 bits per heavy atom. The Morgan fingerprint density at radius 1 is 1.43 bits per heavy atom. The number of halogens is 2. The van der Waals surface area contributed by atoms with Crippen molar-refractivity contribution < 1.29 is 13.9 Å². The standard InChI is InChI=1S/C15H19ClFNO2S/c1-4-9(5-2)15(19)18-13-6-10(7-14(21)20-3)11(16)8-12(13)17/h6,8-9H,4-5,7H2,1-3H3,(H,18,19). The fraction of sp³-hybridized carbons (Fsp3) is 0.467. The van der Waals surface area contributed by atoms with E-state index in [1.165, 1.54) is 19.2 Å². The van der Waals surface area contributed by atoms with Crippen LogP contribution in [0, 0.1) is 11.7 Å². The molecule has 1 N–H and O–H groups in total. The lowest BCUT2D eigenvalue weighted by atomic mass is 10.0. The number of rotatable bonds is 6. The fourth-order valence-corrected chi connectivity index (χ4v) is 2.32. The van der Waals surface area contributed by atoms with Gasteiger partial charge < -0.3 is 10.1 Å². The van der Waals surface area contributed by atoms with E-state index in [9.17, 15) is 9.18 Å². The first-order chi connectivity index (χ1) is 9.92. The lowest BCUT2D eigenvalue weighted by molar-refractivity contribution is -0.120. The SMILES string of the molecule is CCC(CC)C(=O)Nc1cc(CC(=S)OC)c(Cl)cc1F. The van der Waals surface area contributed by atoms with Gasteiger partial charge in [0, 0.05) is 17.4 Å². The van der Waals surface area contributed by atoms with Crippen molar-refractivity contribution in [3.05, 3.63) is 28.5 Å². The summed E-state index contributed by atoms with van der Waals surface area (Å²) in [5, 5.41) is 3.22. The molecule has 0 saturated carbocycles. The third kappa shape index (κ3) is 4.93. The zero-order valence-electron chi connectivity index (χ0n) is 12.3. The topological polar surface area (TPSA) is 38.3 Å². The second-order valence-corrected chi connectivity index (χ2v) is 5.54. The van der Waals surface area contributed by atoms with Gasteiger partial charge in [-0.2, -0.15) is 0 Å². The molecule has 0 bridgehead atoms. The third-order valence-electron chi connectivity index (χ3n) is 3.31.